The second kappa shape index (κ2) is 7.92. The molecule has 1 aliphatic rings. The van der Waals surface area contributed by atoms with Gasteiger partial charge in [-0.15, -0.1) is 0 Å². The molecule has 0 amide bonds. The molecule has 0 radical (unpaired) electrons. The summed E-state index contributed by atoms with van der Waals surface area (Å²) in [6.45, 7) is 3.16. The number of nitrogens with two attached hydrogens (primary N) is 1. The van der Waals surface area contributed by atoms with Crippen LogP contribution in [0.3, 0.4) is 0 Å². The minimum Gasteiger partial charge on any atom is -0.479 e. The standard InChI is InChI=1S/C7H15N3.C3H6O3/c8-7(9)10-5-3-1-2-4-6-10;1-2(4)3(5)6/h1-6H2,(H3,8,9);2,4H,1H3,(H,5,6). The highest BCUT2D eigenvalue weighted by Gasteiger charge is 2.08. The zero-order valence-electron chi connectivity index (χ0n) is 9.65. The zero-order valence-corrected chi connectivity index (χ0v) is 9.65. The van der Waals surface area contributed by atoms with Crippen LogP contribution in [0.1, 0.15) is 32.6 Å². The number of rotatable bonds is 1. The monoisotopic (exact) mass is 231 g/mol. The molecule has 0 aromatic rings. The van der Waals surface area contributed by atoms with Gasteiger partial charge in [-0.3, -0.25) is 5.41 Å². The van der Waals surface area contributed by atoms with Crippen molar-refractivity contribution in [1.29, 1.82) is 5.41 Å². The van der Waals surface area contributed by atoms with E-state index in [-0.39, 0.29) is 5.96 Å². The second-order valence-electron chi connectivity index (χ2n) is 3.80. The van der Waals surface area contributed by atoms with Crippen LogP contribution in [-0.4, -0.2) is 46.2 Å². The number of hydrogen-bond acceptors (Lipinski definition) is 3. The summed E-state index contributed by atoms with van der Waals surface area (Å²) < 4.78 is 0. The number of hydrogen-bond donors (Lipinski definition) is 4. The number of aliphatic hydroxyl groups is 1. The average Bonchev–Trinajstić information content (AvgIpc) is 2.46. The van der Waals surface area contributed by atoms with Crippen molar-refractivity contribution in [1.82, 2.24) is 4.90 Å². The van der Waals surface area contributed by atoms with Crippen molar-refractivity contribution in [3.63, 3.8) is 0 Å². The van der Waals surface area contributed by atoms with E-state index in [0.29, 0.717) is 0 Å². The second-order valence-corrected chi connectivity index (χ2v) is 3.80. The quantitative estimate of drug-likeness (QED) is 0.381. The van der Waals surface area contributed by atoms with Crippen LogP contribution in [0.25, 0.3) is 0 Å². The van der Waals surface area contributed by atoms with Crippen LogP contribution in [-0.2, 0) is 4.79 Å². The van der Waals surface area contributed by atoms with Gasteiger partial charge in [-0.2, -0.15) is 0 Å². The number of carbonyl (C=O) groups is 1. The van der Waals surface area contributed by atoms with Gasteiger partial charge in [0, 0.05) is 13.1 Å². The van der Waals surface area contributed by atoms with Gasteiger partial charge in [0.2, 0.25) is 0 Å². The summed E-state index contributed by atoms with van der Waals surface area (Å²) in [7, 11) is 0. The Balaban J connectivity index is 0.000000325. The van der Waals surface area contributed by atoms with Crippen LogP contribution < -0.4 is 5.73 Å². The van der Waals surface area contributed by atoms with Crippen LogP contribution in [0.4, 0.5) is 0 Å². The number of guanidine groups is 1. The minimum absolute atomic E-state index is 0.238. The Morgan fingerprint density at radius 3 is 1.94 bits per heavy atom. The van der Waals surface area contributed by atoms with Gasteiger partial charge in [0.1, 0.15) is 6.10 Å². The highest BCUT2D eigenvalue weighted by molar-refractivity contribution is 5.74. The first-order chi connectivity index (χ1) is 7.45. The van der Waals surface area contributed by atoms with Crippen molar-refractivity contribution in [2.24, 2.45) is 5.73 Å². The molecule has 94 valence electrons. The number of nitrogens with zero attached hydrogens (tertiary/aromatic N) is 1. The van der Waals surface area contributed by atoms with E-state index in [2.05, 4.69) is 0 Å². The van der Waals surface area contributed by atoms with E-state index in [0.717, 1.165) is 13.1 Å². The van der Waals surface area contributed by atoms with Crippen LogP contribution in [0.15, 0.2) is 0 Å². The Morgan fingerprint density at radius 1 is 1.31 bits per heavy atom. The molecule has 5 N–H and O–H groups in total. The first kappa shape index (κ1) is 14.7. The van der Waals surface area contributed by atoms with Crippen molar-refractivity contribution in [3.8, 4) is 0 Å². The van der Waals surface area contributed by atoms with E-state index < -0.39 is 12.1 Å². The van der Waals surface area contributed by atoms with E-state index in [9.17, 15) is 4.79 Å². The molecule has 1 aliphatic heterocycles. The summed E-state index contributed by atoms with van der Waals surface area (Å²) in [6, 6.07) is 0. The van der Waals surface area contributed by atoms with Gasteiger partial charge in [-0.25, -0.2) is 4.79 Å². The average molecular weight is 231 g/mol. The maximum Gasteiger partial charge on any atom is 0.332 e. The molecule has 1 atom stereocenters. The SMILES string of the molecule is CC(O)C(=O)O.N=C(N)N1CCCCCC1. The van der Waals surface area contributed by atoms with Gasteiger partial charge in [0.15, 0.2) is 5.96 Å². The molecule has 6 heteroatoms. The van der Waals surface area contributed by atoms with Crippen molar-refractivity contribution in [3.05, 3.63) is 0 Å². The van der Waals surface area contributed by atoms with E-state index in [1.54, 1.807) is 0 Å². The Hall–Kier alpha value is -1.30. The lowest BCUT2D eigenvalue weighted by Gasteiger charge is -2.19. The molecule has 0 aliphatic carbocycles. The van der Waals surface area contributed by atoms with Crippen molar-refractivity contribution >= 4 is 11.9 Å². The summed E-state index contributed by atoms with van der Waals surface area (Å²) in [6.07, 6.45) is 3.75. The summed E-state index contributed by atoms with van der Waals surface area (Å²) in [5.41, 5.74) is 5.35. The fraction of sp³-hybridized carbons (Fsp3) is 0.800. The van der Waals surface area contributed by atoms with Gasteiger partial charge in [-0.1, -0.05) is 12.8 Å². The number of likely N-dealkylation sites (tertiary alicyclic amines) is 1. The third kappa shape index (κ3) is 7.05. The predicted molar refractivity (Wildman–Crippen MR) is 61.3 cm³/mol. The lowest BCUT2D eigenvalue weighted by atomic mass is 10.2. The molecule has 0 bridgehead atoms. The molecule has 1 saturated heterocycles. The van der Waals surface area contributed by atoms with Crippen LogP contribution in [0.2, 0.25) is 0 Å². The number of nitrogens with one attached hydrogen (secondary N) is 1. The van der Waals surface area contributed by atoms with Crippen molar-refractivity contribution < 1.29 is 15.0 Å². The lowest BCUT2D eigenvalue weighted by molar-refractivity contribution is -0.145. The minimum atomic E-state index is -1.23. The molecule has 0 saturated carbocycles. The maximum absolute atomic E-state index is 9.45. The molecule has 1 fully saturated rings. The first-order valence-electron chi connectivity index (χ1n) is 5.45. The topological polar surface area (TPSA) is 111 Å². The molecule has 1 rings (SSSR count). The zero-order chi connectivity index (χ0) is 12.6. The van der Waals surface area contributed by atoms with E-state index in [4.69, 9.17) is 21.4 Å². The van der Waals surface area contributed by atoms with Crippen LogP contribution >= 0.6 is 0 Å². The smallest absolute Gasteiger partial charge is 0.332 e. The van der Waals surface area contributed by atoms with Gasteiger partial charge < -0.3 is 20.8 Å². The summed E-state index contributed by atoms with van der Waals surface area (Å²) in [4.78, 5) is 11.4. The summed E-state index contributed by atoms with van der Waals surface area (Å²) in [5, 5.41) is 23.0. The Labute approximate surface area is 95.6 Å². The molecular weight excluding hydrogens is 210 g/mol. The first-order valence-corrected chi connectivity index (χ1v) is 5.45. The highest BCUT2D eigenvalue weighted by Crippen LogP contribution is 2.08. The molecule has 16 heavy (non-hydrogen) atoms. The predicted octanol–water partition coefficient (Wildman–Crippen LogP) is 0.208. The Morgan fingerprint density at radius 2 is 1.69 bits per heavy atom. The lowest BCUT2D eigenvalue weighted by Crippen LogP contribution is -2.36. The number of carboxylic acid groups (broad SMARTS) is 1. The molecule has 0 aromatic carbocycles. The van der Waals surface area contributed by atoms with Gasteiger partial charge in [0.25, 0.3) is 0 Å². The van der Waals surface area contributed by atoms with Crippen LogP contribution in [0, 0.1) is 5.41 Å². The summed E-state index contributed by atoms with van der Waals surface area (Å²) in [5.74, 6) is -0.947. The molecule has 1 unspecified atom stereocenters. The third-order valence-electron chi connectivity index (χ3n) is 2.30. The molecular formula is C10H21N3O3. The number of aliphatic hydroxyl groups excluding tert-OH is 1. The normalized spacial score (nSPS) is 17.8. The molecule has 0 spiro atoms. The number of carboxylic acids is 1. The Kier molecular flexibility index (Phi) is 7.28. The van der Waals surface area contributed by atoms with E-state index in [1.165, 1.54) is 32.6 Å². The third-order valence-corrected chi connectivity index (χ3v) is 2.30. The maximum atomic E-state index is 9.45. The van der Waals surface area contributed by atoms with Gasteiger partial charge >= 0.3 is 5.97 Å². The van der Waals surface area contributed by atoms with E-state index in [1.807, 2.05) is 4.90 Å². The fourth-order valence-corrected chi connectivity index (χ4v) is 1.31. The van der Waals surface area contributed by atoms with Gasteiger partial charge in [0.05, 0.1) is 0 Å². The van der Waals surface area contributed by atoms with Crippen LogP contribution in [0.5, 0.6) is 0 Å². The largest absolute Gasteiger partial charge is 0.479 e. The molecule has 0 aromatic heterocycles. The summed E-state index contributed by atoms with van der Waals surface area (Å²) >= 11 is 0. The fourth-order valence-electron chi connectivity index (χ4n) is 1.31. The van der Waals surface area contributed by atoms with E-state index >= 15 is 0 Å². The molecule has 1 heterocycles. The van der Waals surface area contributed by atoms with Crippen molar-refractivity contribution in [2.45, 2.75) is 38.7 Å². The van der Waals surface area contributed by atoms with Gasteiger partial charge in [-0.05, 0) is 19.8 Å². The Bertz CT molecular complexity index is 223. The number of aliphatic carboxylic acids is 1. The highest BCUT2D eigenvalue weighted by atomic mass is 16.4. The molecule has 6 nitrogen and oxygen atoms in total. The van der Waals surface area contributed by atoms with Crippen molar-refractivity contribution in [2.75, 3.05) is 13.1 Å².